The normalized spacial score (nSPS) is 21.5. The molecule has 0 atom stereocenters. The lowest BCUT2D eigenvalue weighted by molar-refractivity contribution is 0.999. The van der Waals surface area contributed by atoms with E-state index in [-0.39, 0.29) is 0 Å². The van der Waals surface area contributed by atoms with Gasteiger partial charge in [-0.25, -0.2) is 0 Å². The lowest BCUT2D eigenvalue weighted by atomic mass is 10.4. The Labute approximate surface area is 95.0 Å². The molecule has 2 aliphatic heterocycles. The summed E-state index contributed by atoms with van der Waals surface area (Å²) in [5.74, 6) is 0. The zero-order valence-electron chi connectivity index (χ0n) is 6.86. The topological polar surface area (TPSA) is 26.0 Å². The Morgan fingerprint density at radius 1 is 1.08 bits per heavy atom. The highest BCUT2D eigenvalue weighted by Gasteiger charge is 2.17. The Bertz CT molecular complexity index is 283. The fraction of sp³-hybridized carbons (Fsp3) is 0.250. The molecule has 0 saturated carbocycles. The van der Waals surface area contributed by atoms with Gasteiger partial charge in [-0.3, -0.25) is 0 Å². The molecule has 13 heavy (non-hydrogen) atoms. The molecule has 0 unspecified atom stereocenters. The Balaban J connectivity index is 1.97. The Morgan fingerprint density at radius 3 is 2.54 bits per heavy atom. The van der Waals surface area contributed by atoms with Crippen molar-refractivity contribution < 1.29 is 0 Å². The molecule has 0 aromatic carbocycles. The SMILES string of the molecule is NCCC1=CSC(=C2SC=CS2)S1. The first-order chi connectivity index (χ1) is 6.40. The van der Waals surface area contributed by atoms with E-state index in [9.17, 15) is 0 Å². The average molecular weight is 247 g/mol. The zero-order chi connectivity index (χ0) is 9.10. The van der Waals surface area contributed by atoms with Gasteiger partial charge < -0.3 is 5.73 Å². The summed E-state index contributed by atoms with van der Waals surface area (Å²) in [4.78, 5) is 1.41. The Hall–Kier alpha value is 0.580. The quantitative estimate of drug-likeness (QED) is 0.802. The van der Waals surface area contributed by atoms with E-state index in [1.807, 2.05) is 47.0 Å². The summed E-state index contributed by atoms with van der Waals surface area (Å²) < 4.78 is 2.83. The molecular weight excluding hydrogens is 238 g/mol. The first kappa shape index (κ1) is 10.1. The van der Waals surface area contributed by atoms with Gasteiger partial charge in [-0.1, -0.05) is 47.0 Å². The van der Waals surface area contributed by atoms with Crippen LogP contribution in [-0.4, -0.2) is 6.54 Å². The number of hydrogen-bond acceptors (Lipinski definition) is 5. The van der Waals surface area contributed by atoms with Crippen molar-refractivity contribution in [1.29, 1.82) is 0 Å². The summed E-state index contributed by atoms with van der Waals surface area (Å²) >= 11 is 7.34. The first-order valence-corrected chi connectivity index (χ1v) is 7.32. The highest BCUT2D eigenvalue weighted by molar-refractivity contribution is 8.33. The van der Waals surface area contributed by atoms with Gasteiger partial charge in [0.05, 0.1) is 8.47 Å². The summed E-state index contributed by atoms with van der Waals surface area (Å²) in [5.41, 5.74) is 5.50. The molecule has 0 aromatic rings. The van der Waals surface area contributed by atoms with Gasteiger partial charge in [-0.15, -0.1) is 0 Å². The molecule has 70 valence electrons. The number of rotatable bonds is 2. The summed E-state index contributed by atoms with van der Waals surface area (Å²) in [6.45, 7) is 0.751. The lowest BCUT2D eigenvalue weighted by Gasteiger charge is -2.00. The van der Waals surface area contributed by atoms with Crippen LogP contribution in [0.5, 0.6) is 0 Å². The minimum atomic E-state index is 0.751. The van der Waals surface area contributed by atoms with Crippen molar-refractivity contribution in [2.75, 3.05) is 6.54 Å². The van der Waals surface area contributed by atoms with Crippen molar-refractivity contribution in [2.45, 2.75) is 6.42 Å². The predicted molar refractivity (Wildman–Crippen MR) is 68.3 cm³/mol. The van der Waals surface area contributed by atoms with Gasteiger partial charge in [-0.05, 0) is 34.1 Å². The van der Waals surface area contributed by atoms with Gasteiger partial charge >= 0.3 is 0 Å². The molecule has 0 amide bonds. The molecule has 0 radical (unpaired) electrons. The van der Waals surface area contributed by atoms with Crippen LogP contribution in [0.1, 0.15) is 6.42 Å². The van der Waals surface area contributed by atoms with Crippen molar-refractivity contribution in [3.63, 3.8) is 0 Å². The van der Waals surface area contributed by atoms with Crippen LogP contribution in [0.3, 0.4) is 0 Å². The largest absolute Gasteiger partial charge is 0.330 e. The summed E-state index contributed by atoms with van der Waals surface area (Å²) in [5, 5.41) is 6.49. The maximum absolute atomic E-state index is 5.50. The summed E-state index contributed by atoms with van der Waals surface area (Å²) in [7, 11) is 0. The number of nitrogens with two attached hydrogens (primary N) is 1. The van der Waals surface area contributed by atoms with Gasteiger partial charge in [-0.2, -0.15) is 0 Å². The second-order valence-corrected chi connectivity index (χ2v) is 6.79. The van der Waals surface area contributed by atoms with Gasteiger partial charge in [0.15, 0.2) is 0 Å². The molecule has 0 aliphatic carbocycles. The number of hydrogen-bond donors (Lipinski definition) is 1. The highest BCUT2D eigenvalue weighted by atomic mass is 32.2. The van der Waals surface area contributed by atoms with Crippen molar-refractivity contribution >= 4 is 47.0 Å². The first-order valence-electron chi connectivity index (χ1n) is 3.86. The maximum Gasteiger partial charge on any atom is 0.0697 e. The van der Waals surface area contributed by atoms with E-state index < -0.39 is 0 Å². The summed E-state index contributed by atoms with van der Waals surface area (Å²) in [6, 6.07) is 0. The Kier molecular flexibility index (Phi) is 3.80. The van der Waals surface area contributed by atoms with Gasteiger partial charge in [0.1, 0.15) is 0 Å². The van der Waals surface area contributed by atoms with E-state index in [0.717, 1.165) is 13.0 Å². The van der Waals surface area contributed by atoms with Gasteiger partial charge in [0, 0.05) is 0 Å². The smallest absolute Gasteiger partial charge is 0.0697 e. The maximum atomic E-state index is 5.50. The fourth-order valence-corrected chi connectivity index (χ4v) is 5.48. The van der Waals surface area contributed by atoms with Crippen LogP contribution in [0.15, 0.2) is 29.6 Å². The van der Waals surface area contributed by atoms with E-state index in [2.05, 4.69) is 16.2 Å². The van der Waals surface area contributed by atoms with Crippen molar-refractivity contribution in [2.24, 2.45) is 5.73 Å². The molecule has 5 heteroatoms. The van der Waals surface area contributed by atoms with Crippen LogP contribution >= 0.6 is 47.0 Å². The van der Waals surface area contributed by atoms with Crippen LogP contribution in [0.2, 0.25) is 0 Å². The molecule has 0 bridgehead atoms. The molecule has 0 fully saturated rings. The van der Waals surface area contributed by atoms with Crippen LogP contribution in [-0.2, 0) is 0 Å². The summed E-state index contributed by atoms with van der Waals surface area (Å²) in [6.07, 6.45) is 1.01. The molecule has 2 heterocycles. The monoisotopic (exact) mass is 247 g/mol. The van der Waals surface area contributed by atoms with Crippen molar-refractivity contribution in [3.8, 4) is 0 Å². The molecule has 2 aliphatic rings. The van der Waals surface area contributed by atoms with Crippen LogP contribution in [0.25, 0.3) is 0 Å². The van der Waals surface area contributed by atoms with Crippen molar-refractivity contribution in [1.82, 2.24) is 0 Å². The highest BCUT2D eigenvalue weighted by Crippen LogP contribution is 2.53. The molecule has 0 aromatic heterocycles. The Morgan fingerprint density at radius 2 is 1.85 bits per heavy atom. The lowest BCUT2D eigenvalue weighted by Crippen LogP contribution is -1.97. The average Bonchev–Trinajstić information content (AvgIpc) is 2.70. The minimum Gasteiger partial charge on any atom is -0.330 e. The van der Waals surface area contributed by atoms with Gasteiger partial charge in [0.25, 0.3) is 0 Å². The molecule has 2 rings (SSSR count). The molecule has 0 saturated heterocycles. The molecule has 0 spiro atoms. The van der Waals surface area contributed by atoms with Crippen LogP contribution in [0.4, 0.5) is 0 Å². The molecule has 1 nitrogen and oxygen atoms in total. The predicted octanol–water partition coefficient (Wildman–Crippen LogP) is 3.73. The van der Waals surface area contributed by atoms with Crippen molar-refractivity contribution in [3.05, 3.63) is 29.6 Å². The van der Waals surface area contributed by atoms with E-state index >= 15 is 0 Å². The third kappa shape index (κ3) is 2.53. The van der Waals surface area contributed by atoms with E-state index in [1.54, 1.807) is 0 Å². The van der Waals surface area contributed by atoms with Crippen LogP contribution < -0.4 is 5.73 Å². The van der Waals surface area contributed by atoms with Crippen LogP contribution in [0, 0.1) is 0 Å². The third-order valence-electron chi connectivity index (χ3n) is 1.48. The number of thioether (sulfide) groups is 4. The fourth-order valence-electron chi connectivity index (χ4n) is 0.932. The zero-order valence-corrected chi connectivity index (χ0v) is 10.1. The van der Waals surface area contributed by atoms with E-state index in [4.69, 9.17) is 5.73 Å². The van der Waals surface area contributed by atoms with E-state index in [0.29, 0.717) is 0 Å². The second kappa shape index (κ2) is 4.89. The standard InChI is InChI=1S/C8H9NS4/c9-2-1-6-5-12-8(13-6)7-10-3-4-11-7/h3-5H,1-2,9H2. The second-order valence-electron chi connectivity index (χ2n) is 2.43. The minimum absolute atomic E-state index is 0.751. The third-order valence-corrected chi connectivity index (χ3v) is 6.61. The molecule has 2 N–H and O–H groups in total. The molecular formula is C8H9NS4. The van der Waals surface area contributed by atoms with E-state index in [1.165, 1.54) is 13.4 Å². The van der Waals surface area contributed by atoms with Gasteiger partial charge in [0.2, 0.25) is 0 Å².